The van der Waals surface area contributed by atoms with E-state index in [0.717, 1.165) is 0 Å². The van der Waals surface area contributed by atoms with Crippen LogP contribution in [0.2, 0.25) is 0 Å². The quantitative estimate of drug-likeness (QED) is 0.379. The standard InChI is InChI=1S/C12H7F5N2/c13-7-8(14)10(16)12(11(17)9(7)15)19-6-3-1-5(18)2-4-6/h1-4,19H,18H2. The molecule has 2 aromatic carbocycles. The van der Waals surface area contributed by atoms with Gasteiger partial charge < -0.3 is 11.1 Å². The minimum atomic E-state index is -2.20. The van der Waals surface area contributed by atoms with E-state index >= 15 is 0 Å². The van der Waals surface area contributed by atoms with Gasteiger partial charge in [0.25, 0.3) is 0 Å². The van der Waals surface area contributed by atoms with Crippen molar-refractivity contribution in [2.24, 2.45) is 0 Å². The molecule has 0 bridgehead atoms. The lowest BCUT2D eigenvalue weighted by Crippen LogP contribution is -2.06. The Hall–Kier alpha value is -2.31. The maximum atomic E-state index is 13.4. The summed E-state index contributed by atoms with van der Waals surface area (Å²) in [5, 5.41) is 2.12. The maximum Gasteiger partial charge on any atom is 0.200 e. The van der Waals surface area contributed by atoms with E-state index in [-0.39, 0.29) is 5.69 Å². The van der Waals surface area contributed by atoms with Crippen LogP contribution in [0.1, 0.15) is 0 Å². The fourth-order valence-electron chi connectivity index (χ4n) is 1.43. The molecule has 0 aliphatic rings. The van der Waals surface area contributed by atoms with Crippen LogP contribution in [-0.4, -0.2) is 0 Å². The summed E-state index contributed by atoms with van der Waals surface area (Å²) in [7, 11) is 0. The molecule has 0 saturated carbocycles. The number of nitrogens with one attached hydrogen (secondary N) is 1. The number of anilines is 3. The molecule has 0 atom stereocenters. The predicted molar refractivity (Wildman–Crippen MR) is 60.4 cm³/mol. The molecule has 3 N–H and O–H groups in total. The lowest BCUT2D eigenvalue weighted by Gasteiger charge is -2.10. The van der Waals surface area contributed by atoms with E-state index < -0.39 is 34.8 Å². The van der Waals surface area contributed by atoms with Crippen molar-refractivity contribution in [2.45, 2.75) is 0 Å². The highest BCUT2D eigenvalue weighted by molar-refractivity contribution is 5.63. The van der Waals surface area contributed by atoms with Crippen molar-refractivity contribution in [2.75, 3.05) is 11.1 Å². The summed E-state index contributed by atoms with van der Waals surface area (Å²) < 4.78 is 65.4. The van der Waals surface area contributed by atoms with Crippen molar-refractivity contribution in [1.29, 1.82) is 0 Å². The lowest BCUT2D eigenvalue weighted by atomic mass is 10.2. The Morgan fingerprint density at radius 2 is 1.11 bits per heavy atom. The molecule has 0 unspecified atom stereocenters. The summed E-state index contributed by atoms with van der Waals surface area (Å²) in [6.45, 7) is 0. The summed E-state index contributed by atoms with van der Waals surface area (Å²) in [5.74, 6) is -10.0. The highest BCUT2D eigenvalue weighted by Crippen LogP contribution is 2.29. The number of hydrogen-bond donors (Lipinski definition) is 2. The number of nitrogen functional groups attached to an aromatic ring is 1. The van der Waals surface area contributed by atoms with Crippen LogP contribution in [-0.2, 0) is 0 Å². The zero-order valence-electron chi connectivity index (χ0n) is 9.28. The molecule has 0 amide bonds. The Bertz CT molecular complexity index is 596. The molecule has 0 spiro atoms. The van der Waals surface area contributed by atoms with E-state index in [1.807, 2.05) is 0 Å². The van der Waals surface area contributed by atoms with Crippen LogP contribution in [0.4, 0.5) is 39.0 Å². The third-order valence-corrected chi connectivity index (χ3v) is 2.39. The summed E-state index contributed by atoms with van der Waals surface area (Å²) in [6, 6.07) is 5.50. The highest BCUT2D eigenvalue weighted by Gasteiger charge is 2.25. The molecule has 2 aromatic rings. The largest absolute Gasteiger partial charge is 0.399 e. The number of rotatable bonds is 2. The molecule has 0 fully saturated rings. The van der Waals surface area contributed by atoms with Gasteiger partial charge in [0, 0.05) is 11.4 Å². The fourth-order valence-corrected chi connectivity index (χ4v) is 1.43. The van der Waals surface area contributed by atoms with E-state index in [9.17, 15) is 22.0 Å². The molecule has 2 nitrogen and oxygen atoms in total. The summed E-state index contributed by atoms with van der Waals surface area (Å²) in [6.07, 6.45) is 0. The first-order valence-corrected chi connectivity index (χ1v) is 5.05. The zero-order valence-corrected chi connectivity index (χ0v) is 9.28. The average molecular weight is 274 g/mol. The molecule has 0 saturated heterocycles. The van der Waals surface area contributed by atoms with Gasteiger partial charge in [0.05, 0.1) is 0 Å². The molecular weight excluding hydrogens is 267 g/mol. The van der Waals surface area contributed by atoms with E-state index in [2.05, 4.69) is 5.32 Å². The Morgan fingerprint density at radius 3 is 1.58 bits per heavy atom. The van der Waals surface area contributed by atoms with Gasteiger partial charge in [-0.1, -0.05) is 0 Å². The molecule has 19 heavy (non-hydrogen) atoms. The van der Waals surface area contributed by atoms with Crippen LogP contribution in [0, 0.1) is 29.1 Å². The van der Waals surface area contributed by atoms with Crippen molar-refractivity contribution in [3.05, 3.63) is 53.4 Å². The first-order chi connectivity index (χ1) is 8.91. The van der Waals surface area contributed by atoms with Crippen LogP contribution in [0.5, 0.6) is 0 Å². The molecule has 2 rings (SSSR count). The molecule has 0 heterocycles. The number of hydrogen-bond acceptors (Lipinski definition) is 2. The molecule has 0 radical (unpaired) electrons. The monoisotopic (exact) mass is 274 g/mol. The molecule has 0 aliphatic heterocycles. The van der Waals surface area contributed by atoms with Gasteiger partial charge in [-0.15, -0.1) is 0 Å². The van der Waals surface area contributed by atoms with Gasteiger partial charge in [0.15, 0.2) is 23.3 Å². The van der Waals surface area contributed by atoms with Gasteiger partial charge in [0.1, 0.15) is 5.69 Å². The van der Waals surface area contributed by atoms with Crippen molar-refractivity contribution < 1.29 is 22.0 Å². The second-order valence-electron chi connectivity index (χ2n) is 3.69. The van der Waals surface area contributed by atoms with E-state index in [4.69, 9.17) is 5.73 Å². The Kier molecular flexibility index (Phi) is 3.28. The SMILES string of the molecule is Nc1ccc(Nc2c(F)c(F)c(F)c(F)c2F)cc1. The van der Waals surface area contributed by atoms with Gasteiger partial charge in [-0.3, -0.25) is 0 Å². The van der Waals surface area contributed by atoms with Crippen molar-refractivity contribution in [1.82, 2.24) is 0 Å². The molecule has 0 aliphatic carbocycles. The first-order valence-electron chi connectivity index (χ1n) is 5.05. The van der Waals surface area contributed by atoms with Crippen molar-refractivity contribution >= 4 is 17.1 Å². The second-order valence-corrected chi connectivity index (χ2v) is 3.69. The average Bonchev–Trinajstić information content (AvgIpc) is 2.41. The van der Waals surface area contributed by atoms with Crippen LogP contribution in [0.3, 0.4) is 0 Å². The zero-order chi connectivity index (χ0) is 14.2. The van der Waals surface area contributed by atoms with Crippen LogP contribution in [0.25, 0.3) is 0 Å². The Balaban J connectivity index is 2.48. The van der Waals surface area contributed by atoms with E-state index in [1.54, 1.807) is 0 Å². The minimum absolute atomic E-state index is 0.136. The third-order valence-electron chi connectivity index (χ3n) is 2.39. The first kappa shape index (κ1) is 13.1. The number of benzene rings is 2. The van der Waals surface area contributed by atoms with Gasteiger partial charge in [-0.25, -0.2) is 22.0 Å². The van der Waals surface area contributed by atoms with Gasteiger partial charge in [-0.05, 0) is 24.3 Å². The highest BCUT2D eigenvalue weighted by atomic mass is 19.2. The predicted octanol–water partition coefficient (Wildman–Crippen LogP) is 3.71. The number of halogens is 5. The Labute approximate surface area is 104 Å². The molecular formula is C12H7F5N2. The lowest BCUT2D eigenvalue weighted by molar-refractivity contribution is 0.382. The smallest absolute Gasteiger partial charge is 0.200 e. The molecule has 0 aromatic heterocycles. The van der Waals surface area contributed by atoms with Crippen molar-refractivity contribution in [3.63, 3.8) is 0 Å². The van der Waals surface area contributed by atoms with Crippen molar-refractivity contribution in [3.8, 4) is 0 Å². The molecule has 100 valence electrons. The van der Waals surface area contributed by atoms with Crippen LogP contribution in [0.15, 0.2) is 24.3 Å². The van der Waals surface area contributed by atoms with Gasteiger partial charge in [0.2, 0.25) is 5.82 Å². The van der Waals surface area contributed by atoms with Gasteiger partial charge in [-0.2, -0.15) is 0 Å². The normalized spacial score (nSPS) is 10.6. The third kappa shape index (κ3) is 2.31. The van der Waals surface area contributed by atoms with Crippen LogP contribution >= 0.6 is 0 Å². The number of nitrogens with two attached hydrogens (primary N) is 1. The van der Waals surface area contributed by atoms with E-state index in [0.29, 0.717) is 5.69 Å². The topological polar surface area (TPSA) is 38.0 Å². The summed E-state index contributed by atoms with van der Waals surface area (Å²) >= 11 is 0. The van der Waals surface area contributed by atoms with Crippen LogP contribution < -0.4 is 11.1 Å². The van der Waals surface area contributed by atoms with Gasteiger partial charge >= 0.3 is 0 Å². The Morgan fingerprint density at radius 1 is 0.684 bits per heavy atom. The summed E-state index contributed by atoms with van der Waals surface area (Å²) in [5.41, 5.74) is 4.82. The fraction of sp³-hybridized carbons (Fsp3) is 0. The second kappa shape index (κ2) is 4.75. The molecule has 7 heteroatoms. The minimum Gasteiger partial charge on any atom is -0.399 e. The summed E-state index contributed by atoms with van der Waals surface area (Å²) in [4.78, 5) is 0. The maximum absolute atomic E-state index is 13.4. The van der Waals surface area contributed by atoms with E-state index in [1.165, 1.54) is 24.3 Å².